The average Bonchev–Trinajstić information content (AvgIpc) is 2.93. The largest absolute Gasteiger partial charge is 0.417 e. The Morgan fingerprint density at radius 1 is 1.07 bits per heavy atom. The van der Waals surface area contributed by atoms with Crippen molar-refractivity contribution in [1.29, 1.82) is 0 Å². The lowest BCUT2D eigenvalue weighted by Crippen LogP contribution is -2.21. The van der Waals surface area contributed by atoms with E-state index in [1.165, 1.54) is 0 Å². The Morgan fingerprint density at radius 3 is 2.26 bits per heavy atom. The highest BCUT2D eigenvalue weighted by Gasteiger charge is 2.27. The quantitative estimate of drug-likeness (QED) is 0.718. The van der Waals surface area contributed by atoms with Crippen LogP contribution >= 0.6 is 0 Å². The molecule has 0 spiro atoms. The third-order valence-electron chi connectivity index (χ3n) is 4.06. The number of aromatic nitrogens is 2. The van der Waals surface area contributed by atoms with Crippen LogP contribution in [-0.4, -0.2) is 15.9 Å². The first-order valence-electron chi connectivity index (χ1n) is 8.79. The number of nitrogens with zero attached hydrogens (tertiary/aromatic N) is 2. The summed E-state index contributed by atoms with van der Waals surface area (Å²) >= 11 is 0. The highest BCUT2D eigenvalue weighted by molar-refractivity contribution is 5.90. The van der Waals surface area contributed by atoms with Crippen LogP contribution in [0.5, 0.6) is 5.75 Å². The number of carbonyl (C=O) groups is 1. The fourth-order valence-corrected chi connectivity index (χ4v) is 2.72. The van der Waals surface area contributed by atoms with Gasteiger partial charge in [0.05, 0.1) is 12.2 Å². The molecule has 3 aromatic rings. The fourth-order valence-electron chi connectivity index (χ4n) is 2.72. The van der Waals surface area contributed by atoms with Gasteiger partial charge >= 0.3 is 6.09 Å². The molecular formula is C21H24N4O2. The first-order valence-corrected chi connectivity index (χ1v) is 8.79. The monoisotopic (exact) mass is 364 g/mol. The Hall–Kier alpha value is -3.28. The first-order chi connectivity index (χ1) is 12.8. The standard InChI is InChI=1S/C21H24N4O2/c1-21(2,3)18-17(23-20(26)27-16-12-8-5-9-13-16)19(22)25(24-18)14-15-10-6-4-7-11-15/h4-13H,14,22H2,1-3H3,(H,23,26). The molecule has 2 aromatic carbocycles. The minimum Gasteiger partial charge on any atom is -0.410 e. The summed E-state index contributed by atoms with van der Waals surface area (Å²) < 4.78 is 7.03. The van der Waals surface area contributed by atoms with Gasteiger partial charge in [-0.2, -0.15) is 5.10 Å². The predicted octanol–water partition coefficient (Wildman–Crippen LogP) is 4.42. The van der Waals surface area contributed by atoms with Gasteiger partial charge in [-0.05, 0) is 17.7 Å². The van der Waals surface area contributed by atoms with E-state index in [0.717, 1.165) is 5.56 Å². The molecule has 3 N–H and O–H groups in total. The number of nitrogen functional groups attached to an aromatic ring is 1. The second-order valence-corrected chi connectivity index (χ2v) is 7.33. The lowest BCUT2D eigenvalue weighted by Gasteiger charge is -2.17. The maximum absolute atomic E-state index is 12.4. The number of hydrogen-bond donors (Lipinski definition) is 2. The summed E-state index contributed by atoms with van der Waals surface area (Å²) in [5.41, 5.74) is 8.29. The normalized spacial score (nSPS) is 11.2. The van der Waals surface area contributed by atoms with Crippen LogP contribution in [-0.2, 0) is 12.0 Å². The zero-order valence-electron chi connectivity index (χ0n) is 15.8. The van der Waals surface area contributed by atoms with E-state index in [1.807, 2.05) is 57.2 Å². The number of nitrogens with two attached hydrogens (primary N) is 1. The number of hydrogen-bond acceptors (Lipinski definition) is 4. The fraction of sp³-hybridized carbons (Fsp3) is 0.238. The van der Waals surface area contributed by atoms with Crippen LogP contribution in [0.1, 0.15) is 32.0 Å². The summed E-state index contributed by atoms with van der Waals surface area (Å²) in [5, 5.41) is 7.43. The van der Waals surface area contributed by atoms with E-state index >= 15 is 0 Å². The molecule has 3 rings (SSSR count). The highest BCUT2D eigenvalue weighted by atomic mass is 16.6. The number of ether oxygens (including phenoxy) is 1. The van der Waals surface area contributed by atoms with Crippen molar-refractivity contribution < 1.29 is 9.53 Å². The van der Waals surface area contributed by atoms with Crippen LogP contribution in [0.2, 0.25) is 0 Å². The van der Waals surface area contributed by atoms with Crippen LogP contribution in [0.3, 0.4) is 0 Å². The average molecular weight is 364 g/mol. The molecule has 1 amide bonds. The number of para-hydroxylation sites is 1. The molecule has 0 saturated heterocycles. The summed E-state index contributed by atoms with van der Waals surface area (Å²) in [6, 6.07) is 18.8. The minimum absolute atomic E-state index is 0.300. The molecule has 1 heterocycles. The number of carbonyl (C=O) groups excluding carboxylic acids is 1. The van der Waals surface area contributed by atoms with Crippen LogP contribution < -0.4 is 15.8 Å². The number of rotatable bonds is 4. The third kappa shape index (κ3) is 4.47. The van der Waals surface area contributed by atoms with Crippen molar-refractivity contribution in [2.75, 3.05) is 11.1 Å². The van der Waals surface area contributed by atoms with Crippen LogP contribution in [0.25, 0.3) is 0 Å². The predicted molar refractivity (Wildman–Crippen MR) is 107 cm³/mol. The smallest absolute Gasteiger partial charge is 0.410 e. The van der Waals surface area contributed by atoms with E-state index in [2.05, 4.69) is 10.4 Å². The highest BCUT2D eigenvalue weighted by Crippen LogP contribution is 2.33. The van der Waals surface area contributed by atoms with E-state index in [-0.39, 0.29) is 5.41 Å². The Kier molecular flexibility index (Phi) is 5.16. The molecule has 140 valence electrons. The van der Waals surface area contributed by atoms with Gasteiger partial charge in [-0.15, -0.1) is 0 Å². The third-order valence-corrected chi connectivity index (χ3v) is 4.06. The van der Waals surface area contributed by atoms with Crippen LogP contribution in [0.15, 0.2) is 60.7 Å². The topological polar surface area (TPSA) is 82.2 Å². The van der Waals surface area contributed by atoms with E-state index in [0.29, 0.717) is 29.5 Å². The molecular weight excluding hydrogens is 340 g/mol. The van der Waals surface area contributed by atoms with Crippen LogP contribution in [0.4, 0.5) is 16.3 Å². The molecule has 0 radical (unpaired) electrons. The van der Waals surface area contributed by atoms with Crippen molar-refractivity contribution in [3.63, 3.8) is 0 Å². The molecule has 0 aliphatic carbocycles. The zero-order chi connectivity index (χ0) is 19.4. The van der Waals surface area contributed by atoms with Gasteiger partial charge in [-0.1, -0.05) is 69.3 Å². The van der Waals surface area contributed by atoms with Crippen LogP contribution in [0, 0.1) is 0 Å². The van der Waals surface area contributed by atoms with Gasteiger partial charge in [0.25, 0.3) is 0 Å². The summed E-state index contributed by atoms with van der Waals surface area (Å²) in [5.74, 6) is 0.858. The molecule has 0 bridgehead atoms. The SMILES string of the molecule is CC(C)(C)c1nn(Cc2ccccc2)c(N)c1NC(=O)Oc1ccccc1. The Labute approximate surface area is 159 Å². The molecule has 0 saturated carbocycles. The first kappa shape index (κ1) is 18.5. The van der Waals surface area contributed by atoms with Crippen molar-refractivity contribution in [2.24, 2.45) is 0 Å². The summed E-state index contributed by atoms with van der Waals surface area (Å²) in [6.45, 7) is 6.59. The van der Waals surface area contributed by atoms with Gasteiger partial charge in [0, 0.05) is 5.41 Å². The molecule has 0 unspecified atom stereocenters. The molecule has 6 heteroatoms. The van der Waals surface area contributed by atoms with E-state index in [1.54, 1.807) is 28.9 Å². The number of anilines is 2. The summed E-state index contributed by atoms with van der Waals surface area (Å²) in [6.07, 6.45) is -0.599. The van der Waals surface area contributed by atoms with Crippen molar-refractivity contribution in [2.45, 2.75) is 32.7 Å². The van der Waals surface area contributed by atoms with Crippen molar-refractivity contribution in [1.82, 2.24) is 9.78 Å². The van der Waals surface area contributed by atoms with Crippen molar-refractivity contribution in [3.05, 3.63) is 71.9 Å². The lowest BCUT2D eigenvalue weighted by atomic mass is 9.91. The van der Waals surface area contributed by atoms with Gasteiger partial charge in [0.1, 0.15) is 17.3 Å². The van der Waals surface area contributed by atoms with Gasteiger partial charge in [-0.3, -0.25) is 5.32 Å². The molecule has 0 atom stereocenters. The second kappa shape index (κ2) is 7.53. The number of nitrogens with one attached hydrogen (secondary N) is 1. The van der Waals surface area contributed by atoms with Crippen molar-refractivity contribution >= 4 is 17.6 Å². The maximum Gasteiger partial charge on any atom is 0.417 e. The number of amides is 1. The molecule has 0 aliphatic rings. The Balaban J connectivity index is 1.87. The molecule has 0 fully saturated rings. The van der Waals surface area contributed by atoms with Crippen molar-refractivity contribution in [3.8, 4) is 5.75 Å². The zero-order valence-corrected chi connectivity index (χ0v) is 15.8. The second-order valence-electron chi connectivity index (χ2n) is 7.33. The van der Waals surface area contributed by atoms with Gasteiger partial charge in [0.2, 0.25) is 0 Å². The molecule has 0 aliphatic heterocycles. The molecule has 6 nitrogen and oxygen atoms in total. The minimum atomic E-state index is -0.599. The maximum atomic E-state index is 12.4. The lowest BCUT2D eigenvalue weighted by molar-refractivity contribution is 0.215. The van der Waals surface area contributed by atoms with Gasteiger partial charge < -0.3 is 10.5 Å². The van der Waals surface area contributed by atoms with E-state index < -0.39 is 6.09 Å². The number of benzene rings is 2. The Bertz CT molecular complexity index is 913. The van der Waals surface area contributed by atoms with Gasteiger partial charge in [0.15, 0.2) is 0 Å². The molecule has 1 aromatic heterocycles. The molecule has 27 heavy (non-hydrogen) atoms. The summed E-state index contributed by atoms with van der Waals surface area (Å²) in [4.78, 5) is 12.4. The summed E-state index contributed by atoms with van der Waals surface area (Å²) in [7, 11) is 0. The van der Waals surface area contributed by atoms with E-state index in [4.69, 9.17) is 10.5 Å². The van der Waals surface area contributed by atoms with E-state index in [9.17, 15) is 4.79 Å². The Morgan fingerprint density at radius 2 is 1.67 bits per heavy atom. The van der Waals surface area contributed by atoms with Gasteiger partial charge in [-0.25, -0.2) is 9.48 Å².